The largest absolute Gasteiger partial charge is 0.300 e. The van der Waals surface area contributed by atoms with Crippen molar-refractivity contribution in [3.05, 3.63) is 18.2 Å². The van der Waals surface area contributed by atoms with Crippen molar-refractivity contribution in [2.75, 3.05) is 5.32 Å². The first kappa shape index (κ1) is 18.5. The molecule has 1 saturated carbocycles. The molecule has 22 heavy (non-hydrogen) atoms. The molecule has 1 aromatic rings. The number of nitrogens with one attached hydrogen (secondary N) is 1. The first-order valence-electron chi connectivity index (χ1n) is 6.88. The van der Waals surface area contributed by atoms with Crippen LogP contribution in [0, 0.1) is 0 Å². The summed E-state index contributed by atoms with van der Waals surface area (Å²) in [5.41, 5.74) is 0.285. The number of carbonyl (C=O) groups excluding carboxylic acids is 2. The second kappa shape index (κ2) is 8.17. The van der Waals surface area contributed by atoms with E-state index in [1.54, 1.807) is 0 Å². The maximum atomic E-state index is 10.9. The summed E-state index contributed by atoms with van der Waals surface area (Å²) >= 11 is -5.09. The Morgan fingerprint density at radius 2 is 1.77 bits per heavy atom. The molecule has 1 amide bonds. The number of aromatic hydroxyl groups is 1. The second-order valence-electron chi connectivity index (χ2n) is 5.03. The third-order valence-electron chi connectivity index (χ3n) is 3.02. The Balaban J connectivity index is 0.000000287. The first-order chi connectivity index (χ1) is 10.2. The van der Waals surface area contributed by atoms with E-state index in [1.807, 2.05) is 0 Å². The smallest absolute Gasteiger partial charge is 0.132 e. The van der Waals surface area contributed by atoms with E-state index in [-0.39, 0.29) is 11.6 Å². The van der Waals surface area contributed by atoms with Crippen LogP contribution in [-0.2, 0) is 13.3 Å². The molecule has 1 aromatic carbocycles. The van der Waals surface area contributed by atoms with Gasteiger partial charge in [0, 0.05) is 12.8 Å². The number of hydrogen-bond acceptors (Lipinski definition) is 4. The number of Topliss-reactive ketones (excluding diaryl/α,β-unsaturated/α-hetero) is 1. The third kappa shape index (κ3) is 6.47. The van der Waals surface area contributed by atoms with E-state index in [0.29, 0.717) is 5.78 Å². The molecule has 0 saturated heterocycles. The number of phenolic OH excluding ortho intramolecular Hbond substituents is 1. The van der Waals surface area contributed by atoms with Crippen LogP contribution in [-0.4, -0.2) is 39.2 Å². The summed E-state index contributed by atoms with van der Waals surface area (Å²) in [6, 6.07) is 3.51. The van der Waals surface area contributed by atoms with Gasteiger partial charge in [-0.3, -0.25) is 4.79 Å². The maximum Gasteiger partial charge on any atom is 0.132 e. The van der Waals surface area contributed by atoms with Crippen molar-refractivity contribution < 1.29 is 26.6 Å². The molecule has 1 fully saturated rings. The summed E-state index contributed by atoms with van der Waals surface area (Å²) in [4.78, 5) is 21.1. The molecule has 0 bridgehead atoms. The van der Waals surface area contributed by atoms with Crippen molar-refractivity contribution in [1.82, 2.24) is 0 Å². The van der Waals surface area contributed by atoms with Crippen LogP contribution in [0.4, 0.5) is 5.69 Å². The number of phenols is 1. The van der Waals surface area contributed by atoms with Gasteiger partial charge in [0.15, 0.2) is 0 Å². The van der Waals surface area contributed by atoms with Crippen LogP contribution in [0.5, 0.6) is 5.75 Å². The van der Waals surface area contributed by atoms with E-state index < -0.39 is 24.3 Å². The first-order valence-corrected chi connectivity index (χ1v) is 10.3. The van der Waals surface area contributed by atoms with Gasteiger partial charge >= 0.3 is 88.1 Å². The van der Waals surface area contributed by atoms with Crippen LogP contribution in [0.15, 0.2) is 18.2 Å². The molecule has 122 valence electrons. The van der Waals surface area contributed by atoms with Crippen LogP contribution in [0.25, 0.3) is 0 Å². The van der Waals surface area contributed by atoms with Crippen LogP contribution in [0.3, 0.4) is 0 Å². The summed E-state index contributed by atoms with van der Waals surface area (Å²) in [6.45, 7) is 1.29. The summed E-state index contributed by atoms with van der Waals surface area (Å²) < 4.78 is 28.2. The number of hydrogen-bond donors (Lipinski definition) is 4. The minimum Gasteiger partial charge on any atom is -0.300 e. The molecule has 1 aliphatic carbocycles. The summed E-state index contributed by atoms with van der Waals surface area (Å²) in [5.74, 6) is -0.385. The topological polar surface area (TPSA) is 124 Å². The maximum absolute atomic E-state index is 10.9. The second-order valence-corrected chi connectivity index (χ2v) is 8.32. The Kier molecular flexibility index (Phi) is 6.87. The Morgan fingerprint density at radius 3 is 2.14 bits per heavy atom. The molecule has 0 unspecified atom stereocenters. The Labute approximate surface area is 131 Å². The predicted octanol–water partition coefficient (Wildman–Crippen LogP) is 0.431. The van der Waals surface area contributed by atoms with Crippen molar-refractivity contribution in [2.24, 2.45) is 0 Å². The van der Waals surface area contributed by atoms with Crippen molar-refractivity contribution in [2.45, 2.75) is 39.0 Å². The zero-order chi connectivity index (χ0) is 16.8. The normalized spacial score (nSPS) is 14.8. The fraction of sp³-hybridized carbons (Fsp3) is 0.429. The molecular formula is C14H20AsNO6. The molecule has 1 aliphatic rings. The van der Waals surface area contributed by atoms with Gasteiger partial charge in [-0.2, -0.15) is 0 Å². The van der Waals surface area contributed by atoms with Crippen LogP contribution in [0.1, 0.15) is 39.0 Å². The van der Waals surface area contributed by atoms with E-state index in [4.69, 9.17) is 8.19 Å². The molecule has 7 nitrogen and oxygen atoms in total. The van der Waals surface area contributed by atoms with Crippen molar-refractivity contribution >= 4 is 35.9 Å². The fourth-order valence-corrected chi connectivity index (χ4v) is 3.32. The van der Waals surface area contributed by atoms with Crippen LogP contribution < -0.4 is 9.67 Å². The zero-order valence-electron chi connectivity index (χ0n) is 12.3. The minimum atomic E-state index is -5.09. The van der Waals surface area contributed by atoms with Crippen molar-refractivity contribution in [3.8, 4) is 5.75 Å². The average Bonchev–Trinajstić information content (AvgIpc) is 2.38. The van der Waals surface area contributed by atoms with Gasteiger partial charge in [0.05, 0.1) is 0 Å². The number of benzene rings is 1. The van der Waals surface area contributed by atoms with Gasteiger partial charge in [0.2, 0.25) is 0 Å². The molecule has 8 heteroatoms. The quantitative estimate of drug-likeness (QED) is 0.558. The Hall–Kier alpha value is -1.56. The van der Waals surface area contributed by atoms with E-state index in [0.717, 1.165) is 37.8 Å². The van der Waals surface area contributed by atoms with E-state index in [2.05, 4.69) is 5.32 Å². The van der Waals surface area contributed by atoms with E-state index in [9.17, 15) is 18.4 Å². The predicted molar refractivity (Wildman–Crippen MR) is 81.0 cm³/mol. The Morgan fingerprint density at radius 1 is 1.18 bits per heavy atom. The van der Waals surface area contributed by atoms with Gasteiger partial charge in [-0.1, -0.05) is 6.42 Å². The van der Waals surface area contributed by atoms with Gasteiger partial charge in [-0.05, 0) is 12.8 Å². The van der Waals surface area contributed by atoms with Crippen molar-refractivity contribution in [3.63, 3.8) is 0 Å². The SMILES string of the molecule is CC(=O)Nc1ccc([As](=O)(O)O)c(O)c1.O=C1CCCCC1. The number of amides is 1. The molecule has 2 rings (SSSR count). The summed E-state index contributed by atoms with van der Waals surface area (Å²) in [7, 11) is 0. The number of rotatable bonds is 2. The van der Waals surface area contributed by atoms with E-state index in [1.165, 1.54) is 19.4 Å². The monoisotopic (exact) mass is 373 g/mol. The van der Waals surface area contributed by atoms with E-state index >= 15 is 0 Å². The van der Waals surface area contributed by atoms with Gasteiger partial charge < -0.3 is 0 Å². The summed E-state index contributed by atoms with van der Waals surface area (Å²) in [5, 5.41) is 11.7. The third-order valence-corrected chi connectivity index (χ3v) is 5.13. The molecule has 0 spiro atoms. The molecule has 0 atom stereocenters. The zero-order valence-corrected chi connectivity index (χ0v) is 14.2. The molecule has 0 aromatic heterocycles. The number of ketones is 1. The van der Waals surface area contributed by atoms with Gasteiger partial charge in [-0.15, -0.1) is 0 Å². The average molecular weight is 373 g/mol. The Bertz CT molecular complexity index is 587. The van der Waals surface area contributed by atoms with Gasteiger partial charge in [-0.25, -0.2) is 0 Å². The molecule has 0 heterocycles. The van der Waals surface area contributed by atoms with Gasteiger partial charge in [0.1, 0.15) is 5.78 Å². The van der Waals surface area contributed by atoms with Crippen LogP contribution >= 0.6 is 0 Å². The van der Waals surface area contributed by atoms with Crippen LogP contribution in [0.2, 0.25) is 0 Å². The fourth-order valence-electron chi connectivity index (χ4n) is 2.00. The molecule has 4 N–H and O–H groups in total. The number of anilines is 1. The molecular weight excluding hydrogens is 353 g/mol. The molecule has 0 radical (unpaired) electrons. The molecule has 0 aliphatic heterocycles. The minimum absolute atomic E-state index is 0.285. The van der Waals surface area contributed by atoms with Crippen molar-refractivity contribution in [1.29, 1.82) is 0 Å². The van der Waals surface area contributed by atoms with Gasteiger partial charge in [0.25, 0.3) is 0 Å². The summed E-state index contributed by atoms with van der Waals surface area (Å²) in [6.07, 6.45) is 5.24. The standard InChI is InChI=1S/C8H10AsNO5.C6H10O/c1-5(11)10-6-2-3-7(8(12)4-6)9(13,14)15;7-6-4-2-1-3-5-6/h2-4,12H,1H3,(H,10,11)(H2,13,14,15);1-5H2. The number of carbonyl (C=O) groups is 2.